The molecule has 1 nitrogen and oxygen atoms in total. The molecule has 0 bridgehead atoms. The van der Waals surface area contributed by atoms with Gasteiger partial charge in [-0.05, 0) is 36.6 Å². The molecule has 0 aliphatic heterocycles. The van der Waals surface area contributed by atoms with Gasteiger partial charge in [-0.25, -0.2) is 13.2 Å². The van der Waals surface area contributed by atoms with Crippen LogP contribution in [0.1, 0.15) is 11.1 Å². The van der Waals surface area contributed by atoms with E-state index in [4.69, 9.17) is 5.73 Å². The molecule has 100 valence electrons. The van der Waals surface area contributed by atoms with E-state index in [-0.39, 0.29) is 24.2 Å². The molecule has 1 atom stereocenters. The van der Waals surface area contributed by atoms with E-state index in [2.05, 4.69) is 0 Å². The highest BCUT2D eigenvalue weighted by Gasteiger charge is 2.14. The van der Waals surface area contributed by atoms with Crippen molar-refractivity contribution in [2.24, 2.45) is 5.73 Å². The second kappa shape index (κ2) is 5.89. The summed E-state index contributed by atoms with van der Waals surface area (Å²) in [5.41, 5.74) is 6.25. The van der Waals surface area contributed by atoms with Gasteiger partial charge in [0.05, 0.1) is 0 Å². The molecule has 0 saturated carbocycles. The van der Waals surface area contributed by atoms with E-state index in [0.717, 1.165) is 0 Å². The Morgan fingerprint density at radius 1 is 0.789 bits per heavy atom. The van der Waals surface area contributed by atoms with E-state index in [0.29, 0.717) is 5.56 Å². The lowest BCUT2D eigenvalue weighted by Gasteiger charge is -2.13. The smallest absolute Gasteiger partial charge is 0.129 e. The SMILES string of the molecule is NC(Cc1ccccc1F)Cc1c(F)cccc1F. The minimum Gasteiger partial charge on any atom is -0.327 e. The summed E-state index contributed by atoms with van der Waals surface area (Å²) in [4.78, 5) is 0. The van der Waals surface area contributed by atoms with Gasteiger partial charge in [-0.3, -0.25) is 0 Å². The summed E-state index contributed by atoms with van der Waals surface area (Å²) in [5, 5.41) is 0. The average molecular weight is 265 g/mol. The Kier molecular flexibility index (Phi) is 4.22. The minimum atomic E-state index is -0.621. The van der Waals surface area contributed by atoms with Crippen LogP contribution in [0.5, 0.6) is 0 Å². The first-order valence-corrected chi connectivity index (χ1v) is 6.00. The third-order valence-electron chi connectivity index (χ3n) is 2.97. The molecular weight excluding hydrogens is 251 g/mol. The maximum absolute atomic E-state index is 13.5. The Balaban J connectivity index is 2.10. The number of halogens is 3. The van der Waals surface area contributed by atoms with Crippen LogP contribution in [-0.4, -0.2) is 6.04 Å². The molecule has 2 N–H and O–H groups in total. The largest absolute Gasteiger partial charge is 0.327 e. The van der Waals surface area contributed by atoms with Crippen molar-refractivity contribution in [2.45, 2.75) is 18.9 Å². The quantitative estimate of drug-likeness (QED) is 0.902. The lowest BCUT2D eigenvalue weighted by molar-refractivity contribution is 0.528. The number of hydrogen-bond donors (Lipinski definition) is 1. The Bertz CT molecular complexity index is 549. The van der Waals surface area contributed by atoms with Crippen molar-refractivity contribution in [2.75, 3.05) is 0 Å². The number of nitrogens with two attached hydrogens (primary N) is 1. The van der Waals surface area contributed by atoms with Crippen LogP contribution in [0, 0.1) is 17.5 Å². The fraction of sp³-hybridized carbons (Fsp3) is 0.200. The summed E-state index contributed by atoms with van der Waals surface area (Å²) in [7, 11) is 0. The minimum absolute atomic E-state index is 0.0346. The average Bonchev–Trinajstić information content (AvgIpc) is 2.37. The molecule has 0 heterocycles. The second-order valence-corrected chi connectivity index (χ2v) is 4.46. The molecule has 4 heteroatoms. The molecule has 0 spiro atoms. The molecule has 0 saturated heterocycles. The van der Waals surface area contributed by atoms with Gasteiger partial charge in [0.15, 0.2) is 0 Å². The zero-order valence-electron chi connectivity index (χ0n) is 10.2. The van der Waals surface area contributed by atoms with E-state index >= 15 is 0 Å². The molecule has 0 amide bonds. The first-order valence-electron chi connectivity index (χ1n) is 6.00. The molecule has 0 fully saturated rings. The summed E-state index contributed by atoms with van der Waals surface area (Å²) in [6.07, 6.45) is 0.271. The molecule has 2 aromatic carbocycles. The zero-order valence-corrected chi connectivity index (χ0v) is 10.2. The highest BCUT2D eigenvalue weighted by Crippen LogP contribution is 2.16. The van der Waals surface area contributed by atoms with E-state index in [9.17, 15) is 13.2 Å². The van der Waals surface area contributed by atoms with Crippen LogP contribution in [0.2, 0.25) is 0 Å². The standard InChI is InChI=1S/C15H14F3N/c16-13-5-2-1-4-10(13)8-11(19)9-12-14(17)6-3-7-15(12)18/h1-7,11H,8-9,19H2. The molecule has 0 aliphatic rings. The Labute approximate surface area is 109 Å². The first kappa shape index (κ1) is 13.6. The predicted molar refractivity (Wildman–Crippen MR) is 68.1 cm³/mol. The highest BCUT2D eigenvalue weighted by atomic mass is 19.1. The van der Waals surface area contributed by atoms with E-state index in [1.165, 1.54) is 24.3 Å². The van der Waals surface area contributed by atoms with Crippen molar-refractivity contribution in [1.29, 1.82) is 0 Å². The fourth-order valence-electron chi connectivity index (χ4n) is 2.01. The van der Waals surface area contributed by atoms with E-state index < -0.39 is 17.7 Å². The Morgan fingerprint density at radius 3 is 2.00 bits per heavy atom. The van der Waals surface area contributed by atoms with E-state index in [1.807, 2.05) is 0 Å². The van der Waals surface area contributed by atoms with Crippen LogP contribution in [0.25, 0.3) is 0 Å². The Morgan fingerprint density at radius 2 is 1.37 bits per heavy atom. The molecule has 0 aromatic heterocycles. The van der Waals surface area contributed by atoms with Crippen molar-refractivity contribution in [1.82, 2.24) is 0 Å². The molecule has 0 radical (unpaired) electrons. The topological polar surface area (TPSA) is 26.0 Å². The van der Waals surface area contributed by atoms with Gasteiger partial charge in [-0.2, -0.15) is 0 Å². The van der Waals surface area contributed by atoms with Crippen LogP contribution in [0.3, 0.4) is 0 Å². The molecule has 19 heavy (non-hydrogen) atoms. The van der Waals surface area contributed by atoms with Crippen LogP contribution >= 0.6 is 0 Å². The maximum atomic E-state index is 13.5. The van der Waals surface area contributed by atoms with Crippen molar-refractivity contribution >= 4 is 0 Å². The summed E-state index contributed by atoms with van der Waals surface area (Å²) in [6.45, 7) is 0. The number of rotatable bonds is 4. The highest BCUT2D eigenvalue weighted by molar-refractivity contribution is 5.23. The van der Waals surface area contributed by atoms with Gasteiger partial charge in [-0.1, -0.05) is 24.3 Å². The van der Waals surface area contributed by atoms with Gasteiger partial charge in [-0.15, -0.1) is 0 Å². The third kappa shape index (κ3) is 3.35. The summed E-state index contributed by atoms with van der Waals surface area (Å²) in [5.74, 6) is -1.60. The number of hydrogen-bond acceptors (Lipinski definition) is 1. The second-order valence-electron chi connectivity index (χ2n) is 4.46. The van der Waals surface area contributed by atoms with Crippen LogP contribution < -0.4 is 5.73 Å². The summed E-state index contributed by atoms with van der Waals surface area (Å²) >= 11 is 0. The van der Waals surface area contributed by atoms with Crippen molar-refractivity contribution in [3.8, 4) is 0 Å². The lowest BCUT2D eigenvalue weighted by atomic mass is 9.99. The van der Waals surface area contributed by atoms with Crippen LogP contribution in [0.15, 0.2) is 42.5 Å². The fourth-order valence-corrected chi connectivity index (χ4v) is 2.01. The third-order valence-corrected chi connectivity index (χ3v) is 2.97. The van der Waals surface area contributed by atoms with Crippen LogP contribution in [-0.2, 0) is 12.8 Å². The van der Waals surface area contributed by atoms with Crippen LogP contribution in [0.4, 0.5) is 13.2 Å². The molecule has 1 unspecified atom stereocenters. The maximum Gasteiger partial charge on any atom is 0.129 e. The Hall–Kier alpha value is -1.81. The van der Waals surface area contributed by atoms with Gasteiger partial charge in [0.25, 0.3) is 0 Å². The van der Waals surface area contributed by atoms with Crippen molar-refractivity contribution < 1.29 is 13.2 Å². The zero-order chi connectivity index (χ0) is 13.8. The van der Waals surface area contributed by atoms with E-state index in [1.54, 1.807) is 18.2 Å². The molecule has 2 rings (SSSR count). The van der Waals surface area contributed by atoms with Gasteiger partial charge < -0.3 is 5.73 Å². The molecule has 0 aliphatic carbocycles. The van der Waals surface area contributed by atoms with Gasteiger partial charge in [0.2, 0.25) is 0 Å². The van der Waals surface area contributed by atoms with Gasteiger partial charge >= 0.3 is 0 Å². The summed E-state index contributed by atoms with van der Waals surface area (Å²) in [6, 6.07) is 9.39. The first-order chi connectivity index (χ1) is 9.08. The van der Waals surface area contributed by atoms with Crippen molar-refractivity contribution in [3.05, 3.63) is 71.0 Å². The predicted octanol–water partition coefficient (Wildman–Crippen LogP) is 3.22. The normalized spacial score (nSPS) is 12.4. The number of benzene rings is 2. The molecule has 2 aromatic rings. The van der Waals surface area contributed by atoms with Gasteiger partial charge in [0, 0.05) is 11.6 Å². The van der Waals surface area contributed by atoms with Crippen molar-refractivity contribution in [3.63, 3.8) is 0 Å². The molecular formula is C15H14F3N. The monoisotopic (exact) mass is 265 g/mol. The van der Waals surface area contributed by atoms with Gasteiger partial charge in [0.1, 0.15) is 17.5 Å². The lowest BCUT2D eigenvalue weighted by Crippen LogP contribution is -2.27. The summed E-state index contributed by atoms with van der Waals surface area (Å²) < 4.78 is 40.4.